The van der Waals surface area contributed by atoms with Gasteiger partial charge < -0.3 is 0 Å². The molecule has 0 radical (unpaired) electrons. The first kappa shape index (κ1) is 11.2. The van der Waals surface area contributed by atoms with Gasteiger partial charge in [0.25, 0.3) is 5.69 Å². The zero-order chi connectivity index (χ0) is 11.3. The predicted octanol–water partition coefficient (Wildman–Crippen LogP) is 2.81. The van der Waals surface area contributed by atoms with Crippen LogP contribution in [0.4, 0.5) is 5.69 Å². The molecule has 0 heterocycles. The monoisotopic (exact) mass is 204 g/mol. The molecule has 0 saturated carbocycles. The fraction of sp³-hybridized carbons (Fsp3) is 0.364. The molecule has 1 rings (SSSR count). The summed E-state index contributed by atoms with van der Waals surface area (Å²) >= 11 is 0. The topological polar surface area (TPSA) is 66.9 Å². The van der Waals surface area contributed by atoms with Crippen LogP contribution >= 0.6 is 0 Å². The first-order valence-electron chi connectivity index (χ1n) is 4.86. The van der Waals surface area contributed by atoms with Crippen LogP contribution in [-0.2, 0) is 6.42 Å². The third-order valence-electron chi connectivity index (χ3n) is 2.14. The van der Waals surface area contributed by atoms with Gasteiger partial charge in [-0.3, -0.25) is 10.1 Å². The van der Waals surface area contributed by atoms with Gasteiger partial charge in [0.15, 0.2) is 0 Å². The second kappa shape index (κ2) is 5.11. The molecule has 0 aliphatic rings. The smallest absolute Gasteiger partial charge is 0.258 e. The second-order valence-electron chi connectivity index (χ2n) is 3.36. The number of rotatable bonds is 4. The summed E-state index contributed by atoms with van der Waals surface area (Å²) in [6, 6.07) is 6.48. The molecule has 0 bridgehead atoms. The van der Waals surface area contributed by atoms with E-state index in [9.17, 15) is 10.1 Å². The highest BCUT2D eigenvalue weighted by Gasteiger charge is 2.09. The summed E-state index contributed by atoms with van der Waals surface area (Å²) in [4.78, 5) is 10.1. The van der Waals surface area contributed by atoms with Crippen molar-refractivity contribution in [2.24, 2.45) is 0 Å². The summed E-state index contributed by atoms with van der Waals surface area (Å²) in [7, 11) is 0. The maximum absolute atomic E-state index is 10.6. The Kier molecular flexibility index (Phi) is 3.81. The number of nitro groups is 1. The maximum Gasteiger partial charge on any atom is 0.271 e. The van der Waals surface area contributed by atoms with Crippen molar-refractivity contribution in [3.63, 3.8) is 0 Å². The number of aryl methyl sites for hydroxylation is 1. The van der Waals surface area contributed by atoms with E-state index >= 15 is 0 Å². The molecule has 0 amide bonds. The van der Waals surface area contributed by atoms with Gasteiger partial charge in [0.05, 0.1) is 16.6 Å². The zero-order valence-electron chi connectivity index (χ0n) is 8.56. The second-order valence-corrected chi connectivity index (χ2v) is 3.36. The summed E-state index contributed by atoms with van der Waals surface area (Å²) < 4.78 is 0. The summed E-state index contributed by atoms with van der Waals surface area (Å²) in [6.45, 7) is 2.06. The molecule has 0 spiro atoms. The maximum atomic E-state index is 10.6. The SMILES string of the molecule is CCCCc1cc(C#N)cc([N+](=O)[O-])c1. The summed E-state index contributed by atoms with van der Waals surface area (Å²) in [6.07, 6.45) is 2.80. The van der Waals surface area contributed by atoms with E-state index in [0.717, 1.165) is 24.8 Å². The third-order valence-corrected chi connectivity index (χ3v) is 2.14. The lowest BCUT2D eigenvalue weighted by Crippen LogP contribution is -1.93. The Hall–Kier alpha value is -1.89. The van der Waals surface area contributed by atoms with E-state index in [1.165, 1.54) is 12.1 Å². The van der Waals surface area contributed by atoms with Gasteiger partial charge in [-0.15, -0.1) is 0 Å². The molecule has 0 aromatic heterocycles. The van der Waals surface area contributed by atoms with Gasteiger partial charge in [0.2, 0.25) is 0 Å². The van der Waals surface area contributed by atoms with Crippen molar-refractivity contribution in [3.8, 4) is 6.07 Å². The van der Waals surface area contributed by atoms with E-state index < -0.39 is 4.92 Å². The molecule has 0 fully saturated rings. The van der Waals surface area contributed by atoms with Crippen molar-refractivity contribution in [1.29, 1.82) is 5.26 Å². The number of hydrogen-bond acceptors (Lipinski definition) is 3. The van der Waals surface area contributed by atoms with Crippen molar-refractivity contribution in [2.45, 2.75) is 26.2 Å². The molecular formula is C11H12N2O2. The van der Waals surface area contributed by atoms with Crippen molar-refractivity contribution in [3.05, 3.63) is 39.4 Å². The van der Waals surface area contributed by atoms with Crippen LogP contribution in [-0.4, -0.2) is 4.92 Å². The lowest BCUT2D eigenvalue weighted by atomic mass is 10.0. The van der Waals surface area contributed by atoms with Gasteiger partial charge in [-0.05, 0) is 24.5 Å². The molecular weight excluding hydrogens is 192 g/mol. The van der Waals surface area contributed by atoms with Crippen molar-refractivity contribution < 1.29 is 4.92 Å². The van der Waals surface area contributed by atoms with Crippen molar-refractivity contribution in [2.75, 3.05) is 0 Å². The van der Waals surface area contributed by atoms with Crippen LogP contribution < -0.4 is 0 Å². The number of nitro benzene ring substituents is 1. The first-order valence-corrected chi connectivity index (χ1v) is 4.86. The Morgan fingerprint density at radius 2 is 2.20 bits per heavy atom. The van der Waals surface area contributed by atoms with E-state index in [2.05, 4.69) is 6.92 Å². The minimum Gasteiger partial charge on any atom is -0.258 e. The lowest BCUT2D eigenvalue weighted by molar-refractivity contribution is -0.384. The van der Waals surface area contributed by atoms with Gasteiger partial charge in [0.1, 0.15) is 0 Å². The number of non-ortho nitro benzene ring substituents is 1. The molecule has 0 aliphatic carbocycles. The van der Waals surface area contributed by atoms with E-state index in [1.807, 2.05) is 6.07 Å². The molecule has 4 heteroatoms. The van der Waals surface area contributed by atoms with Crippen molar-refractivity contribution in [1.82, 2.24) is 0 Å². The fourth-order valence-electron chi connectivity index (χ4n) is 1.37. The number of hydrogen-bond donors (Lipinski definition) is 0. The van der Waals surface area contributed by atoms with Gasteiger partial charge in [-0.2, -0.15) is 5.26 Å². The lowest BCUT2D eigenvalue weighted by Gasteiger charge is -2.00. The predicted molar refractivity (Wildman–Crippen MR) is 56.4 cm³/mol. The average molecular weight is 204 g/mol. The van der Waals surface area contributed by atoms with Crippen LogP contribution in [0.1, 0.15) is 30.9 Å². The first-order chi connectivity index (χ1) is 7.17. The Labute approximate surface area is 88.3 Å². The summed E-state index contributed by atoms with van der Waals surface area (Å²) in [5, 5.41) is 19.3. The molecule has 4 nitrogen and oxygen atoms in total. The van der Waals surface area contributed by atoms with Crippen LogP contribution in [0.3, 0.4) is 0 Å². The standard InChI is InChI=1S/C11H12N2O2/c1-2-3-4-9-5-10(8-12)7-11(6-9)13(14)15/h5-7H,2-4H2,1H3. The Balaban J connectivity index is 3.01. The van der Waals surface area contributed by atoms with Gasteiger partial charge in [0, 0.05) is 12.1 Å². The van der Waals surface area contributed by atoms with Crippen LogP contribution in [0, 0.1) is 21.4 Å². The van der Waals surface area contributed by atoms with E-state index in [0.29, 0.717) is 5.56 Å². The molecule has 0 saturated heterocycles. The number of benzene rings is 1. The van der Waals surface area contributed by atoms with E-state index in [4.69, 9.17) is 5.26 Å². The van der Waals surface area contributed by atoms with Crippen LogP contribution in [0.5, 0.6) is 0 Å². The van der Waals surface area contributed by atoms with Gasteiger partial charge in [-0.1, -0.05) is 13.3 Å². The highest BCUT2D eigenvalue weighted by molar-refractivity contribution is 5.44. The van der Waals surface area contributed by atoms with Crippen LogP contribution in [0.15, 0.2) is 18.2 Å². The Bertz CT molecular complexity index is 408. The zero-order valence-corrected chi connectivity index (χ0v) is 8.56. The van der Waals surface area contributed by atoms with Gasteiger partial charge in [-0.25, -0.2) is 0 Å². The number of unbranched alkanes of at least 4 members (excludes halogenated alkanes) is 1. The minimum atomic E-state index is -0.462. The quantitative estimate of drug-likeness (QED) is 0.559. The summed E-state index contributed by atoms with van der Waals surface area (Å²) in [5.74, 6) is 0. The van der Waals surface area contributed by atoms with Crippen LogP contribution in [0.25, 0.3) is 0 Å². The third kappa shape index (κ3) is 3.06. The van der Waals surface area contributed by atoms with E-state index in [1.54, 1.807) is 6.07 Å². The molecule has 0 N–H and O–H groups in total. The molecule has 0 aliphatic heterocycles. The molecule has 1 aromatic rings. The fourth-order valence-corrected chi connectivity index (χ4v) is 1.37. The number of nitriles is 1. The number of nitrogens with zero attached hydrogens (tertiary/aromatic N) is 2. The summed E-state index contributed by atoms with van der Waals surface area (Å²) in [5.41, 5.74) is 1.22. The molecule has 15 heavy (non-hydrogen) atoms. The normalized spacial score (nSPS) is 9.60. The molecule has 78 valence electrons. The molecule has 0 unspecified atom stereocenters. The highest BCUT2D eigenvalue weighted by atomic mass is 16.6. The highest BCUT2D eigenvalue weighted by Crippen LogP contribution is 2.18. The van der Waals surface area contributed by atoms with Gasteiger partial charge >= 0.3 is 0 Å². The van der Waals surface area contributed by atoms with E-state index in [-0.39, 0.29) is 5.69 Å². The average Bonchev–Trinajstić information content (AvgIpc) is 2.25. The van der Waals surface area contributed by atoms with Crippen molar-refractivity contribution >= 4 is 5.69 Å². The Morgan fingerprint density at radius 1 is 1.47 bits per heavy atom. The Morgan fingerprint density at radius 3 is 2.73 bits per heavy atom. The molecule has 0 atom stereocenters. The molecule has 1 aromatic carbocycles. The minimum absolute atomic E-state index is 0.000142. The largest absolute Gasteiger partial charge is 0.271 e. The van der Waals surface area contributed by atoms with Crippen LogP contribution in [0.2, 0.25) is 0 Å².